The van der Waals surface area contributed by atoms with Crippen molar-refractivity contribution in [1.82, 2.24) is 71.4 Å². The van der Waals surface area contributed by atoms with Crippen LogP contribution in [-0.2, 0) is 0 Å². The quantitative estimate of drug-likeness (QED) is 0.0561. The smallest absolute Gasteiger partial charge is 0.0927 e. The fraction of sp³-hybridized carbons (Fsp3) is 0.0417. The molecule has 7 N–H and O–H groups in total. The molecule has 7 aromatic heterocycles. The molecule has 0 aliphatic rings. The Labute approximate surface area is 494 Å². The first kappa shape index (κ1) is 51.1. The third-order valence-electron chi connectivity index (χ3n) is 15.7. The van der Waals surface area contributed by atoms with E-state index in [1.54, 1.807) is 0 Å². The number of benzene rings is 8. The van der Waals surface area contributed by atoms with Crippen LogP contribution in [0.2, 0.25) is 0 Å². The maximum Gasteiger partial charge on any atom is 0.0927 e. The lowest BCUT2D eigenvalue weighted by Gasteiger charge is -2.06. The molecule has 15 aromatic rings. The number of aromatic nitrogens is 14. The van der Waals surface area contributed by atoms with Crippen LogP contribution in [0.15, 0.2) is 231 Å². The first-order chi connectivity index (χ1) is 42.2. The van der Waals surface area contributed by atoms with E-state index in [2.05, 4.69) is 286 Å². The van der Waals surface area contributed by atoms with Crippen molar-refractivity contribution in [2.24, 2.45) is 0 Å². The third-order valence-corrected chi connectivity index (χ3v) is 15.7. The van der Waals surface area contributed by atoms with Gasteiger partial charge in [-0.05, 0) is 141 Å². The number of hydrogen-bond acceptors (Lipinski definition) is 7. The molecule has 0 saturated carbocycles. The Morgan fingerprint density at radius 3 is 0.547 bits per heavy atom. The van der Waals surface area contributed by atoms with Crippen LogP contribution in [0.3, 0.4) is 0 Å². The predicted molar refractivity (Wildman–Crippen MR) is 342 cm³/mol. The van der Waals surface area contributed by atoms with Gasteiger partial charge in [0.05, 0.1) is 79.7 Å². The number of rotatable bonds is 14. The summed E-state index contributed by atoms with van der Waals surface area (Å²) < 4.78 is 0. The van der Waals surface area contributed by atoms with Crippen LogP contribution in [-0.4, -0.2) is 71.4 Å². The number of nitrogens with one attached hydrogen (secondary N) is 7. The Balaban J connectivity index is 0.733. The van der Waals surface area contributed by atoms with E-state index >= 15 is 0 Å². The van der Waals surface area contributed by atoms with E-state index in [4.69, 9.17) is 30.6 Å². The summed E-state index contributed by atoms with van der Waals surface area (Å²) in [4.78, 5) is 0. The van der Waals surface area contributed by atoms with Crippen LogP contribution >= 0.6 is 0 Å². The van der Waals surface area contributed by atoms with E-state index in [-0.39, 0.29) is 0 Å². The highest BCUT2D eigenvalue weighted by Gasteiger charge is 2.19. The van der Waals surface area contributed by atoms with Gasteiger partial charge in [0.25, 0.3) is 0 Å². The Hall–Kier alpha value is -11.8. The largest absolute Gasteiger partial charge is 0.277 e. The van der Waals surface area contributed by atoms with Crippen LogP contribution in [0.1, 0.15) is 16.7 Å². The Morgan fingerprint density at radius 1 is 0.174 bits per heavy atom. The monoisotopic (exact) mass is 1110 g/mol. The molecule has 86 heavy (non-hydrogen) atoms. The van der Waals surface area contributed by atoms with E-state index in [1.165, 1.54) is 16.7 Å². The number of aryl methyl sites for hydroxylation is 3. The van der Waals surface area contributed by atoms with Gasteiger partial charge in [0.15, 0.2) is 0 Å². The van der Waals surface area contributed by atoms with Crippen molar-refractivity contribution in [3.05, 3.63) is 247 Å². The second-order valence-electron chi connectivity index (χ2n) is 21.9. The third kappa shape index (κ3) is 10.2. The Bertz CT molecular complexity index is 4790. The lowest BCUT2D eigenvalue weighted by Crippen LogP contribution is -1.87. The number of hydrogen-bond donors (Lipinski definition) is 7. The second-order valence-corrected chi connectivity index (χ2v) is 21.9. The van der Waals surface area contributed by atoms with Gasteiger partial charge in [0.1, 0.15) is 0 Å². The lowest BCUT2D eigenvalue weighted by atomic mass is 9.98. The average molecular weight is 1120 g/mol. The molecule has 0 spiro atoms. The SMILES string of the molecule is Cc1cccc(-c2cc(-c3cccc(-c4cc(-c5cc(-c6cc(-c7cccc(-c8cc(-c9cccc(C)c9)[nH]n8)c7)[nH]n6)cc(-c6cc(-c7cccc(-c8cc(-c9cccc(-c%10cc(-c%11cccc(C)c%11)[nH]n%10)c9)[nH]n8)c7)[nH]n6)c5)n[nH]4)c3)n[nH]2)c1. The first-order valence-electron chi connectivity index (χ1n) is 28.4. The predicted octanol–water partition coefficient (Wildman–Crippen LogP) is 17.0. The van der Waals surface area contributed by atoms with Crippen molar-refractivity contribution in [2.75, 3.05) is 0 Å². The van der Waals surface area contributed by atoms with Gasteiger partial charge in [-0.1, -0.05) is 144 Å². The van der Waals surface area contributed by atoms with Crippen molar-refractivity contribution in [1.29, 1.82) is 0 Å². The normalized spacial score (nSPS) is 11.4. The van der Waals surface area contributed by atoms with E-state index in [1.807, 2.05) is 6.07 Å². The summed E-state index contributed by atoms with van der Waals surface area (Å²) in [5.41, 5.74) is 29.5. The molecule has 8 aromatic carbocycles. The highest BCUT2D eigenvalue weighted by Crippen LogP contribution is 2.38. The number of H-pyrrole nitrogens is 7. The first-order valence-corrected chi connectivity index (χ1v) is 28.4. The minimum atomic E-state index is 0.762. The molecule has 0 aliphatic heterocycles. The van der Waals surface area contributed by atoms with Gasteiger partial charge in [-0.3, -0.25) is 35.7 Å². The molecule has 14 nitrogen and oxygen atoms in total. The van der Waals surface area contributed by atoms with Crippen LogP contribution < -0.4 is 0 Å². The van der Waals surface area contributed by atoms with E-state index in [0.717, 1.165) is 158 Å². The van der Waals surface area contributed by atoms with E-state index in [9.17, 15) is 0 Å². The Kier molecular flexibility index (Phi) is 12.8. The summed E-state index contributed by atoms with van der Waals surface area (Å²) in [6.07, 6.45) is 0. The average Bonchev–Trinajstić information content (AvgIpc) is 4.31. The molecular weight excluding hydrogens is 1060 g/mol. The van der Waals surface area contributed by atoms with Crippen LogP contribution in [0.5, 0.6) is 0 Å². The Morgan fingerprint density at radius 2 is 0.337 bits per heavy atom. The van der Waals surface area contributed by atoms with E-state index in [0.29, 0.717) is 0 Å². The molecule has 0 amide bonds. The molecule has 7 heterocycles. The molecule has 0 radical (unpaired) electrons. The van der Waals surface area contributed by atoms with Crippen molar-refractivity contribution in [2.45, 2.75) is 20.8 Å². The van der Waals surface area contributed by atoms with Crippen LogP contribution in [0.4, 0.5) is 0 Å². The fourth-order valence-corrected chi connectivity index (χ4v) is 11.2. The minimum absolute atomic E-state index is 0.762. The van der Waals surface area contributed by atoms with Crippen molar-refractivity contribution in [3.63, 3.8) is 0 Å². The molecule has 0 saturated heterocycles. The molecule has 15 rings (SSSR count). The summed E-state index contributed by atoms with van der Waals surface area (Å²) in [5, 5.41) is 56.7. The molecule has 0 atom stereocenters. The summed E-state index contributed by atoms with van der Waals surface area (Å²) in [7, 11) is 0. The standard InChI is InChI=1S/C72H54N14/c1-42-11-4-14-45(25-42)59-35-62(76-73-59)48-17-7-20-51(28-48)65-38-66(80-79-65)52-21-10-24-55(31-52)69-41-72(86-83-69)58-33-56(70-39-67(81-84-70)53-22-8-18-49(29-53)63-36-60(74-77-63)46-15-5-12-43(2)26-46)32-57(34-58)71-40-68(82-85-71)54-23-9-19-50(30-54)64-37-61(75-78-64)47-16-6-13-44(3)27-47/h4-41H,1-3H3,(H,73,76)(H,74,77)(H,75,78)(H,79,80)(H,81,84)(H,82,85)(H,83,86). The molecular formula is C72H54N14. The molecule has 0 aliphatic carbocycles. The summed E-state index contributed by atoms with van der Waals surface area (Å²) in [6.45, 7) is 6.29. The molecule has 14 heteroatoms. The number of nitrogens with zero attached hydrogens (tertiary/aromatic N) is 7. The molecule has 0 bridgehead atoms. The fourth-order valence-electron chi connectivity index (χ4n) is 11.2. The topological polar surface area (TPSA) is 201 Å². The second kappa shape index (κ2) is 21.5. The van der Waals surface area contributed by atoms with Gasteiger partial charge in [-0.2, -0.15) is 35.7 Å². The van der Waals surface area contributed by atoms with Crippen LogP contribution in [0.25, 0.3) is 158 Å². The minimum Gasteiger partial charge on any atom is -0.277 e. The van der Waals surface area contributed by atoms with Crippen molar-refractivity contribution >= 4 is 0 Å². The maximum absolute atomic E-state index is 4.94. The van der Waals surface area contributed by atoms with Gasteiger partial charge in [-0.15, -0.1) is 0 Å². The lowest BCUT2D eigenvalue weighted by molar-refractivity contribution is 1.09. The van der Waals surface area contributed by atoms with Gasteiger partial charge in [-0.25, -0.2) is 0 Å². The summed E-state index contributed by atoms with van der Waals surface area (Å²) in [5.74, 6) is 0. The zero-order valence-corrected chi connectivity index (χ0v) is 47.1. The maximum atomic E-state index is 4.94. The number of aromatic amines is 7. The van der Waals surface area contributed by atoms with Gasteiger partial charge >= 0.3 is 0 Å². The van der Waals surface area contributed by atoms with Crippen molar-refractivity contribution in [3.8, 4) is 158 Å². The van der Waals surface area contributed by atoms with Crippen molar-refractivity contribution < 1.29 is 0 Å². The van der Waals surface area contributed by atoms with Crippen LogP contribution in [0, 0.1) is 20.8 Å². The summed E-state index contributed by atoms with van der Waals surface area (Å²) >= 11 is 0. The van der Waals surface area contributed by atoms with Gasteiger partial charge in [0.2, 0.25) is 0 Å². The molecule has 0 unspecified atom stereocenters. The van der Waals surface area contributed by atoms with Gasteiger partial charge < -0.3 is 0 Å². The molecule has 412 valence electrons. The highest BCUT2D eigenvalue weighted by atomic mass is 15.2. The zero-order chi connectivity index (χ0) is 57.7. The molecule has 0 fully saturated rings. The zero-order valence-electron chi connectivity index (χ0n) is 47.1. The highest BCUT2D eigenvalue weighted by molar-refractivity contribution is 5.84. The van der Waals surface area contributed by atoms with Gasteiger partial charge in [0, 0.05) is 61.2 Å². The summed E-state index contributed by atoms with van der Waals surface area (Å²) in [6, 6.07) is 79.7. The van der Waals surface area contributed by atoms with E-state index < -0.39 is 0 Å².